The predicted molar refractivity (Wildman–Crippen MR) is 50.1 cm³/mol. The number of alkyl halides is 2. The van der Waals surface area contributed by atoms with Crippen molar-refractivity contribution in [1.29, 1.82) is 0 Å². The van der Waals surface area contributed by atoms with Crippen molar-refractivity contribution in [2.24, 2.45) is 0 Å². The minimum absolute atomic E-state index is 0.00827. The van der Waals surface area contributed by atoms with E-state index in [0.29, 0.717) is 6.42 Å². The molecule has 0 spiro atoms. The molecular weight excluding hydrogens is 170 g/mol. The first-order valence-electron chi connectivity index (χ1n) is 4.53. The highest BCUT2D eigenvalue weighted by atomic mass is 19.3. The molecular formula is C11H14F2. The van der Waals surface area contributed by atoms with Crippen molar-refractivity contribution in [3.05, 3.63) is 35.4 Å². The van der Waals surface area contributed by atoms with Gasteiger partial charge in [0.1, 0.15) is 0 Å². The fourth-order valence-electron chi connectivity index (χ4n) is 1.34. The molecule has 0 saturated carbocycles. The summed E-state index contributed by atoms with van der Waals surface area (Å²) in [5, 5.41) is 0. The van der Waals surface area contributed by atoms with Crippen LogP contribution in [0, 0.1) is 6.92 Å². The van der Waals surface area contributed by atoms with Crippen LogP contribution >= 0.6 is 0 Å². The molecule has 0 aromatic heterocycles. The number of halogens is 2. The van der Waals surface area contributed by atoms with E-state index < -0.39 is 6.43 Å². The minimum atomic E-state index is -2.16. The largest absolute Gasteiger partial charge is 0.238 e. The van der Waals surface area contributed by atoms with E-state index in [2.05, 4.69) is 0 Å². The summed E-state index contributed by atoms with van der Waals surface area (Å²) in [5.41, 5.74) is 2.37. The number of aryl methyl sites for hydroxylation is 2. The Labute approximate surface area is 77.6 Å². The SMILES string of the molecule is Cc1ccccc1CCCC(F)F. The third kappa shape index (κ3) is 3.53. The minimum Gasteiger partial charge on any atom is -0.211 e. The molecule has 0 nitrogen and oxygen atoms in total. The van der Waals surface area contributed by atoms with Crippen LogP contribution in [0.3, 0.4) is 0 Å². The highest BCUT2D eigenvalue weighted by Crippen LogP contribution is 2.12. The molecule has 0 heterocycles. The summed E-state index contributed by atoms with van der Waals surface area (Å²) in [6.45, 7) is 2.01. The van der Waals surface area contributed by atoms with Crippen LogP contribution < -0.4 is 0 Å². The third-order valence-electron chi connectivity index (χ3n) is 2.13. The second-order valence-corrected chi connectivity index (χ2v) is 3.21. The zero-order chi connectivity index (χ0) is 9.68. The van der Waals surface area contributed by atoms with Crippen LogP contribution in [-0.2, 0) is 6.42 Å². The monoisotopic (exact) mass is 184 g/mol. The fraction of sp³-hybridized carbons (Fsp3) is 0.455. The van der Waals surface area contributed by atoms with Gasteiger partial charge < -0.3 is 0 Å². The zero-order valence-electron chi connectivity index (χ0n) is 7.76. The lowest BCUT2D eigenvalue weighted by Gasteiger charge is -2.04. The van der Waals surface area contributed by atoms with Crippen molar-refractivity contribution in [3.63, 3.8) is 0 Å². The zero-order valence-corrected chi connectivity index (χ0v) is 7.76. The van der Waals surface area contributed by atoms with Gasteiger partial charge in [0.15, 0.2) is 0 Å². The second kappa shape index (κ2) is 4.95. The van der Waals surface area contributed by atoms with Crippen molar-refractivity contribution in [2.75, 3.05) is 0 Å². The topological polar surface area (TPSA) is 0 Å². The normalized spacial score (nSPS) is 10.8. The van der Waals surface area contributed by atoms with Crippen LogP contribution in [0.25, 0.3) is 0 Å². The van der Waals surface area contributed by atoms with E-state index in [0.717, 1.165) is 6.42 Å². The van der Waals surface area contributed by atoms with Gasteiger partial charge in [-0.2, -0.15) is 0 Å². The molecule has 0 N–H and O–H groups in total. The molecule has 0 bridgehead atoms. The molecule has 1 aromatic carbocycles. The summed E-state index contributed by atoms with van der Waals surface area (Å²) < 4.78 is 23.7. The van der Waals surface area contributed by atoms with Gasteiger partial charge in [0, 0.05) is 6.42 Å². The van der Waals surface area contributed by atoms with E-state index in [1.807, 2.05) is 31.2 Å². The summed E-state index contributed by atoms with van der Waals surface area (Å²) in [5.74, 6) is 0. The number of rotatable bonds is 4. The maximum absolute atomic E-state index is 11.8. The van der Waals surface area contributed by atoms with Gasteiger partial charge in [-0.25, -0.2) is 8.78 Å². The predicted octanol–water partition coefficient (Wildman–Crippen LogP) is 3.58. The van der Waals surface area contributed by atoms with Crippen LogP contribution in [0.5, 0.6) is 0 Å². The van der Waals surface area contributed by atoms with Crippen molar-refractivity contribution in [2.45, 2.75) is 32.6 Å². The van der Waals surface area contributed by atoms with Crippen LogP contribution in [0.2, 0.25) is 0 Å². The summed E-state index contributed by atoms with van der Waals surface area (Å²) in [6.07, 6.45) is -0.822. The first-order chi connectivity index (χ1) is 6.20. The van der Waals surface area contributed by atoms with Crippen molar-refractivity contribution in [1.82, 2.24) is 0 Å². The Hall–Kier alpha value is -0.920. The van der Waals surface area contributed by atoms with Crippen LogP contribution in [0.4, 0.5) is 8.78 Å². The van der Waals surface area contributed by atoms with E-state index in [1.165, 1.54) is 11.1 Å². The molecule has 0 atom stereocenters. The quantitative estimate of drug-likeness (QED) is 0.670. The maximum atomic E-state index is 11.8. The van der Waals surface area contributed by atoms with E-state index in [4.69, 9.17) is 0 Å². The Morgan fingerprint density at radius 2 is 1.92 bits per heavy atom. The standard InChI is InChI=1S/C11H14F2/c1-9-5-2-3-6-10(9)7-4-8-11(12)13/h2-3,5-6,11H,4,7-8H2,1H3. The molecule has 2 heteroatoms. The summed E-state index contributed by atoms with van der Waals surface area (Å²) in [4.78, 5) is 0. The molecule has 0 aliphatic carbocycles. The van der Waals surface area contributed by atoms with Gasteiger partial charge in [-0.1, -0.05) is 24.3 Å². The number of hydrogen-bond donors (Lipinski definition) is 0. The van der Waals surface area contributed by atoms with Gasteiger partial charge in [0.2, 0.25) is 6.43 Å². The van der Waals surface area contributed by atoms with Gasteiger partial charge >= 0.3 is 0 Å². The highest BCUT2D eigenvalue weighted by Gasteiger charge is 2.02. The number of benzene rings is 1. The first kappa shape index (κ1) is 10.2. The Balaban J connectivity index is 2.41. The van der Waals surface area contributed by atoms with Gasteiger partial charge in [0.05, 0.1) is 0 Å². The Morgan fingerprint density at radius 3 is 2.54 bits per heavy atom. The lowest BCUT2D eigenvalue weighted by molar-refractivity contribution is 0.135. The Bertz CT molecular complexity index is 256. The maximum Gasteiger partial charge on any atom is 0.238 e. The van der Waals surface area contributed by atoms with E-state index in [-0.39, 0.29) is 6.42 Å². The Morgan fingerprint density at radius 1 is 1.23 bits per heavy atom. The van der Waals surface area contributed by atoms with Crippen molar-refractivity contribution < 1.29 is 8.78 Å². The second-order valence-electron chi connectivity index (χ2n) is 3.21. The van der Waals surface area contributed by atoms with Crippen LogP contribution in [0.1, 0.15) is 24.0 Å². The van der Waals surface area contributed by atoms with Crippen molar-refractivity contribution >= 4 is 0 Å². The molecule has 0 amide bonds. The van der Waals surface area contributed by atoms with Gasteiger partial charge in [-0.15, -0.1) is 0 Å². The van der Waals surface area contributed by atoms with Crippen molar-refractivity contribution in [3.8, 4) is 0 Å². The van der Waals surface area contributed by atoms with E-state index >= 15 is 0 Å². The molecule has 72 valence electrons. The first-order valence-corrected chi connectivity index (χ1v) is 4.53. The molecule has 0 fully saturated rings. The van der Waals surface area contributed by atoms with E-state index in [9.17, 15) is 8.78 Å². The summed E-state index contributed by atoms with van der Waals surface area (Å²) in [6, 6.07) is 7.93. The molecule has 0 radical (unpaired) electrons. The lowest BCUT2D eigenvalue weighted by atomic mass is 10.0. The molecule has 0 saturated heterocycles. The van der Waals surface area contributed by atoms with Gasteiger partial charge in [-0.3, -0.25) is 0 Å². The molecule has 1 rings (SSSR count). The van der Waals surface area contributed by atoms with E-state index in [1.54, 1.807) is 0 Å². The third-order valence-corrected chi connectivity index (χ3v) is 2.13. The van der Waals surface area contributed by atoms with Crippen LogP contribution in [-0.4, -0.2) is 6.43 Å². The summed E-state index contributed by atoms with van der Waals surface area (Å²) in [7, 11) is 0. The number of hydrogen-bond acceptors (Lipinski definition) is 0. The molecule has 0 unspecified atom stereocenters. The fourth-order valence-corrected chi connectivity index (χ4v) is 1.34. The molecule has 0 aliphatic rings. The average molecular weight is 184 g/mol. The molecule has 1 aromatic rings. The summed E-state index contributed by atoms with van der Waals surface area (Å²) >= 11 is 0. The Kier molecular flexibility index (Phi) is 3.87. The average Bonchev–Trinajstić information content (AvgIpc) is 2.08. The molecule has 0 aliphatic heterocycles. The van der Waals surface area contributed by atoms with Gasteiger partial charge in [0.25, 0.3) is 0 Å². The lowest BCUT2D eigenvalue weighted by Crippen LogP contribution is -1.94. The highest BCUT2D eigenvalue weighted by molar-refractivity contribution is 5.25. The van der Waals surface area contributed by atoms with Crippen LogP contribution in [0.15, 0.2) is 24.3 Å². The smallest absolute Gasteiger partial charge is 0.211 e. The molecule has 13 heavy (non-hydrogen) atoms. The van der Waals surface area contributed by atoms with Gasteiger partial charge in [-0.05, 0) is 30.9 Å².